The Balaban J connectivity index is 1.73. The Hall–Kier alpha value is -3.63. The summed E-state index contributed by atoms with van der Waals surface area (Å²) in [5.74, 6) is 0.228. The second kappa shape index (κ2) is 11.0. The Bertz CT molecular complexity index is 1380. The molecule has 3 aromatic carbocycles. The van der Waals surface area contributed by atoms with Crippen LogP contribution in [0.4, 0.5) is 0 Å². The number of benzene rings is 3. The van der Waals surface area contributed by atoms with Crippen molar-refractivity contribution >= 4 is 55.8 Å². The highest BCUT2D eigenvalue weighted by Crippen LogP contribution is 2.39. The van der Waals surface area contributed by atoms with Crippen LogP contribution in [0.3, 0.4) is 0 Å². The maximum Gasteiger partial charge on any atom is 0.363 e. The highest BCUT2D eigenvalue weighted by Gasteiger charge is 2.27. The molecule has 1 heterocycles. The Morgan fingerprint density at radius 3 is 2.19 bits per heavy atom. The van der Waals surface area contributed by atoms with Crippen LogP contribution in [0.1, 0.15) is 21.5 Å². The van der Waals surface area contributed by atoms with Crippen molar-refractivity contribution < 1.29 is 33.3 Å². The van der Waals surface area contributed by atoms with Crippen molar-refractivity contribution in [1.29, 1.82) is 0 Å². The molecule has 10 heteroatoms. The zero-order chi connectivity index (χ0) is 25.8. The van der Waals surface area contributed by atoms with Crippen LogP contribution < -0.4 is 18.9 Å². The van der Waals surface area contributed by atoms with E-state index in [4.69, 9.17) is 23.7 Å². The molecule has 0 unspecified atom stereocenters. The summed E-state index contributed by atoms with van der Waals surface area (Å²) in [6, 6.07) is 15.3. The van der Waals surface area contributed by atoms with Crippen molar-refractivity contribution in [2.75, 3.05) is 21.3 Å². The van der Waals surface area contributed by atoms with Crippen LogP contribution in [-0.2, 0) is 9.53 Å². The van der Waals surface area contributed by atoms with Gasteiger partial charge in [0, 0.05) is 15.6 Å². The van der Waals surface area contributed by atoms with E-state index in [1.807, 2.05) is 0 Å². The van der Waals surface area contributed by atoms with Gasteiger partial charge in [-0.2, -0.15) is 0 Å². The number of ether oxygens (including phenoxy) is 5. The predicted molar refractivity (Wildman–Crippen MR) is 140 cm³/mol. The molecule has 0 spiro atoms. The summed E-state index contributed by atoms with van der Waals surface area (Å²) >= 11 is 6.85. The number of carbonyl (C=O) groups excluding carboxylic acids is 2. The molecule has 0 fully saturated rings. The normalized spacial score (nSPS) is 13.8. The fraction of sp³-hybridized carbons (Fsp3) is 0.115. The van der Waals surface area contributed by atoms with E-state index in [0.29, 0.717) is 42.9 Å². The van der Waals surface area contributed by atoms with Crippen molar-refractivity contribution in [2.45, 2.75) is 0 Å². The largest absolute Gasteiger partial charge is 0.493 e. The maximum atomic E-state index is 12.7. The molecule has 8 nitrogen and oxygen atoms in total. The Labute approximate surface area is 223 Å². The van der Waals surface area contributed by atoms with Crippen LogP contribution in [0.2, 0.25) is 0 Å². The third-order valence-corrected chi connectivity index (χ3v) is 6.11. The molecule has 0 radical (unpaired) electrons. The average Bonchev–Trinajstić information content (AvgIpc) is 3.25. The van der Waals surface area contributed by atoms with Gasteiger partial charge in [0.05, 0.1) is 31.4 Å². The Kier molecular flexibility index (Phi) is 7.76. The molecule has 0 bridgehead atoms. The third-order valence-electron chi connectivity index (χ3n) is 5.07. The summed E-state index contributed by atoms with van der Waals surface area (Å²) < 4.78 is 28.4. The van der Waals surface area contributed by atoms with E-state index in [9.17, 15) is 9.59 Å². The molecular formula is C26H19Br2NO7. The summed E-state index contributed by atoms with van der Waals surface area (Å²) in [5.41, 5.74) is 1.28. The van der Waals surface area contributed by atoms with E-state index in [-0.39, 0.29) is 17.3 Å². The lowest BCUT2D eigenvalue weighted by Gasteiger charge is -2.13. The van der Waals surface area contributed by atoms with Crippen molar-refractivity contribution in [3.8, 4) is 23.0 Å². The zero-order valence-electron chi connectivity index (χ0n) is 19.3. The minimum absolute atomic E-state index is 0.0146. The number of esters is 2. The van der Waals surface area contributed by atoms with Gasteiger partial charge in [0.1, 0.15) is 0 Å². The summed E-state index contributed by atoms with van der Waals surface area (Å²) in [6.07, 6.45) is 1.48. The fourth-order valence-electron chi connectivity index (χ4n) is 3.41. The van der Waals surface area contributed by atoms with Gasteiger partial charge < -0.3 is 23.7 Å². The first-order valence-electron chi connectivity index (χ1n) is 10.4. The number of hydrogen-bond acceptors (Lipinski definition) is 8. The molecule has 1 aliphatic heterocycles. The van der Waals surface area contributed by atoms with Crippen molar-refractivity contribution in [2.24, 2.45) is 4.99 Å². The molecule has 0 saturated heterocycles. The molecule has 0 aromatic heterocycles. The second-order valence-corrected chi connectivity index (χ2v) is 9.08. The van der Waals surface area contributed by atoms with Gasteiger partial charge in [0.25, 0.3) is 0 Å². The lowest BCUT2D eigenvalue weighted by atomic mass is 10.1. The monoisotopic (exact) mass is 615 g/mol. The number of cyclic esters (lactones) is 1. The number of nitrogens with zero attached hydrogens (tertiary/aromatic N) is 1. The highest BCUT2D eigenvalue weighted by molar-refractivity contribution is 9.11. The number of carbonyl (C=O) groups is 2. The summed E-state index contributed by atoms with van der Waals surface area (Å²) in [4.78, 5) is 29.7. The molecule has 0 amide bonds. The van der Waals surface area contributed by atoms with Gasteiger partial charge in [-0.1, -0.05) is 34.1 Å². The van der Waals surface area contributed by atoms with Gasteiger partial charge >= 0.3 is 11.9 Å². The van der Waals surface area contributed by atoms with Crippen LogP contribution in [-0.4, -0.2) is 39.2 Å². The topological polar surface area (TPSA) is 92.7 Å². The standard InChI is InChI=1S/C26H19Br2NO7/c1-32-20-11-16(12-21(33-2)23(20)34-3)24-29-19(26(31)36-24)10-15-9-17(27)13-18(28)22(15)35-25(30)14-7-5-4-6-8-14/h4-13H,1-3H3/b19-10-. The van der Waals surface area contributed by atoms with E-state index in [2.05, 4.69) is 36.9 Å². The molecule has 0 N–H and O–H groups in total. The number of aliphatic imine (C=N–C) groups is 1. The molecule has 0 aliphatic carbocycles. The summed E-state index contributed by atoms with van der Waals surface area (Å²) in [6.45, 7) is 0. The zero-order valence-corrected chi connectivity index (χ0v) is 22.5. The number of hydrogen-bond donors (Lipinski definition) is 0. The van der Waals surface area contributed by atoms with Gasteiger partial charge in [-0.3, -0.25) is 0 Å². The Morgan fingerprint density at radius 2 is 1.58 bits per heavy atom. The van der Waals surface area contributed by atoms with E-state index < -0.39 is 11.9 Å². The maximum absolute atomic E-state index is 12.7. The van der Waals surface area contributed by atoms with Crippen LogP contribution in [0.5, 0.6) is 23.0 Å². The van der Waals surface area contributed by atoms with Gasteiger partial charge in [-0.25, -0.2) is 14.6 Å². The summed E-state index contributed by atoms with van der Waals surface area (Å²) in [5, 5.41) is 0. The van der Waals surface area contributed by atoms with E-state index >= 15 is 0 Å². The number of methoxy groups -OCH3 is 3. The Morgan fingerprint density at radius 1 is 0.917 bits per heavy atom. The molecule has 4 rings (SSSR count). The first-order valence-corrected chi connectivity index (χ1v) is 12.0. The van der Waals surface area contributed by atoms with Gasteiger partial charge in [-0.05, 0) is 58.4 Å². The average molecular weight is 617 g/mol. The molecule has 0 saturated carbocycles. The first kappa shape index (κ1) is 25.5. The van der Waals surface area contributed by atoms with E-state index in [1.54, 1.807) is 54.6 Å². The van der Waals surface area contributed by atoms with Crippen LogP contribution in [0, 0.1) is 0 Å². The lowest BCUT2D eigenvalue weighted by Crippen LogP contribution is -2.10. The van der Waals surface area contributed by atoms with E-state index in [1.165, 1.54) is 27.4 Å². The molecular weight excluding hydrogens is 598 g/mol. The van der Waals surface area contributed by atoms with Gasteiger partial charge in [-0.15, -0.1) is 0 Å². The quantitative estimate of drug-likeness (QED) is 0.188. The second-order valence-electron chi connectivity index (χ2n) is 7.31. The van der Waals surface area contributed by atoms with E-state index in [0.717, 1.165) is 0 Å². The predicted octanol–water partition coefficient (Wildman–Crippen LogP) is 5.80. The van der Waals surface area contributed by atoms with Crippen molar-refractivity contribution in [1.82, 2.24) is 0 Å². The van der Waals surface area contributed by atoms with Crippen LogP contribution in [0.15, 0.2) is 74.2 Å². The fourth-order valence-corrected chi connectivity index (χ4v) is 4.74. The molecule has 36 heavy (non-hydrogen) atoms. The molecule has 3 aromatic rings. The number of halogens is 2. The smallest absolute Gasteiger partial charge is 0.363 e. The molecule has 184 valence electrons. The third kappa shape index (κ3) is 5.29. The van der Waals surface area contributed by atoms with Gasteiger partial charge in [0.15, 0.2) is 22.9 Å². The van der Waals surface area contributed by atoms with Gasteiger partial charge in [0.2, 0.25) is 11.6 Å². The van der Waals surface area contributed by atoms with Crippen LogP contribution in [0.25, 0.3) is 6.08 Å². The minimum Gasteiger partial charge on any atom is -0.493 e. The summed E-state index contributed by atoms with van der Waals surface area (Å²) in [7, 11) is 4.46. The molecule has 0 atom stereocenters. The van der Waals surface area contributed by atoms with Crippen molar-refractivity contribution in [3.05, 3.63) is 85.9 Å². The number of rotatable bonds is 7. The van der Waals surface area contributed by atoms with Crippen LogP contribution >= 0.6 is 31.9 Å². The van der Waals surface area contributed by atoms with Crippen molar-refractivity contribution in [3.63, 3.8) is 0 Å². The SMILES string of the molecule is COc1cc(C2=N/C(=C\c3cc(Br)cc(Br)c3OC(=O)c3ccccc3)C(=O)O2)cc(OC)c1OC. The lowest BCUT2D eigenvalue weighted by molar-refractivity contribution is -0.129. The molecule has 1 aliphatic rings. The minimum atomic E-state index is -0.671. The highest BCUT2D eigenvalue weighted by atomic mass is 79.9. The first-order chi connectivity index (χ1) is 17.3.